The minimum Gasteiger partial charge on any atom is -0.354 e. The Morgan fingerprint density at radius 3 is 2.49 bits per heavy atom. The van der Waals surface area contributed by atoms with E-state index in [4.69, 9.17) is 11.6 Å². The first-order chi connectivity index (χ1) is 16.8. The molecule has 1 fully saturated rings. The van der Waals surface area contributed by atoms with Crippen LogP contribution in [-0.2, 0) is 10.0 Å². The van der Waals surface area contributed by atoms with E-state index in [1.165, 1.54) is 16.4 Å². The van der Waals surface area contributed by atoms with Gasteiger partial charge in [0.2, 0.25) is 10.0 Å². The number of aromatic amines is 1. The first kappa shape index (κ1) is 23.9. The number of nitrogens with one attached hydrogen (secondary N) is 1. The van der Waals surface area contributed by atoms with Crippen LogP contribution in [0, 0.1) is 5.82 Å². The van der Waals surface area contributed by atoms with Crippen molar-refractivity contribution in [3.05, 3.63) is 82.3 Å². The maximum atomic E-state index is 13.9. The number of hydrogen-bond donors (Lipinski definition) is 1. The summed E-state index contributed by atoms with van der Waals surface area (Å²) >= 11 is 9.48. The lowest BCUT2D eigenvalue weighted by Crippen LogP contribution is -2.48. The first-order valence-electron chi connectivity index (χ1n) is 10.8. The van der Waals surface area contributed by atoms with Crippen LogP contribution in [0.1, 0.15) is 0 Å². The van der Waals surface area contributed by atoms with Gasteiger partial charge in [-0.3, -0.25) is 0 Å². The van der Waals surface area contributed by atoms with Gasteiger partial charge in [0.1, 0.15) is 22.4 Å². The fourth-order valence-electron chi connectivity index (χ4n) is 3.96. The number of piperazine rings is 1. The maximum absolute atomic E-state index is 13.9. The zero-order valence-electron chi connectivity index (χ0n) is 18.3. The molecule has 0 unspecified atom stereocenters. The molecule has 1 N–H and O–H groups in total. The lowest BCUT2D eigenvalue weighted by atomic mass is 10.2. The van der Waals surface area contributed by atoms with E-state index in [-0.39, 0.29) is 9.92 Å². The van der Waals surface area contributed by atoms with E-state index < -0.39 is 15.8 Å². The molecule has 180 valence electrons. The third-order valence-electron chi connectivity index (χ3n) is 5.83. The van der Waals surface area contributed by atoms with Gasteiger partial charge < -0.3 is 9.88 Å². The molecule has 0 aliphatic carbocycles. The molecule has 0 saturated carbocycles. The Labute approximate surface area is 215 Å². The molecule has 2 aromatic heterocycles. The topological polar surface area (TPSA) is 82.2 Å². The SMILES string of the molecule is O=S(=O)(c1cc(-c2nc(-c3ccc(Br)c(F)c3)c[nH]2)ccc1Cl)N1CCN(c2ccccn2)CC1. The Bertz CT molecular complexity index is 1470. The van der Waals surface area contributed by atoms with Crippen molar-refractivity contribution in [3.8, 4) is 22.6 Å². The monoisotopic (exact) mass is 575 g/mol. The van der Waals surface area contributed by atoms with E-state index in [9.17, 15) is 12.8 Å². The van der Waals surface area contributed by atoms with Gasteiger partial charge in [-0.1, -0.05) is 23.7 Å². The largest absolute Gasteiger partial charge is 0.354 e. The first-order valence-corrected chi connectivity index (χ1v) is 13.4. The van der Waals surface area contributed by atoms with Crippen LogP contribution in [0.2, 0.25) is 5.02 Å². The zero-order chi connectivity index (χ0) is 24.6. The van der Waals surface area contributed by atoms with E-state index in [0.717, 1.165) is 5.82 Å². The Hall–Kier alpha value is -2.79. The highest BCUT2D eigenvalue weighted by Gasteiger charge is 2.31. The molecule has 1 aliphatic heterocycles. The van der Waals surface area contributed by atoms with Gasteiger partial charge in [0, 0.05) is 49.7 Å². The summed E-state index contributed by atoms with van der Waals surface area (Å²) in [7, 11) is -3.83. The third-order valence-corrected chi connectivity index (χ3v) is 8.85. The smallest absolute Gasteiger partial charge is 0.244 e. The summed E-state index contributed by atoms with van der Waals surface area (Å²) < 4.78 is 42.7. The van der Waals surface area contributed by atoms with Gasteiger partial charge in [0.15, 0.2) is 0 Å². The molecule has 2 aromatic carbocycles. The van der Waals surface area contributed by atoms with Gasteiger partial charge in [0.25, 0.3) is 0 Å². The van der Waals surface area contributed by atoms with Crippen molar-refractivity contribution in [1.82, 2.24) is 19.3 Å². The molecule has 11 heteroatoms. The van der Waals surface area contributed by atoms with Crippen LogP contribution >= 0.6 is 27.5 Å². The quantitative estimate of drug-likeness (QED) is 0.353. The van der Waals surface area contributed by atoms with Crippen molar-refractivity contribution in [2.45, 2.75) is 4.90 Å². The predicted molar refractivity (Wildman–Crippen MR) is 137 cm³/mol. The van der Waals surface area contributed by atoms with Crippen LogP contribution in [0.5, 0.6) is 0 Å². The highest BCUT2D eigenvalue weighted by atomic mass is 79.9. The normalized spacial score (nSPS) is 14.9. The van der Waals surface area contributed by atoms with E-state index in [2.05, 4.69) is 35.8 Å². The van der Waals surface area contributed by atoms with Crippen molar-refractivity contribution >= 4 is 43.4 Å². The molecule has 1 saturated heterocycles. The zero-order valence-corrected chi connectivity index (χ0v) is 21.5. The molecule has 0 spiro atoms. The van der Waals surface area contributed by atoms with Crippen LogP contribution in [0.15, 0.2) is 76.4 Å². The predicted octanol–water partition coefficient (Wildman–Crippen LogP) is 5.20. The van der Waals surface area contributed by atoms with Crippen molar-refractivity contribution in [3.63, 3.8) is 0 Å². The van der Waals surface area contributed by atoms with Crippen LogP contribution in [0.3, 0.4) is 0 Å². The molecule has 7 nitrogen and oxygen atoms in total. The van der Waals surface area contributed by atoms with Gasteiger partial charge >= 0.3 is 0 Å². The molecule has 3 heterocycles. The van der Waals surface area contributed by atoms with E-state index in [1.807, 2.05) is 18.2 Å². The highest BCUT2D eigenvalue weighted by Crippen LogP contribution is 2.31. The standard InChI is InChI=1S/C24H20BrClFN5O2S/c25-18-6-4-16(13-20(18)27)21-15-29-24(30-21)17-5-7-19(26)22(14-17)35(33,34)32-11-9-31(10-12-32)23-3-1-2-8-28-23/h1-8,13-15H,9-12H2,(H,29,30). The van der Waals surface area contributed by atoms with Gasteiger partial charge in [0.05, 0.1) is 15.2 Å². The van der Waals surface area contributed by atoms with Crippen LogP contribution in [0.25, 0.3) is 22.6 Å². The summed E-state index contributed by atoms with van der Waals surface area (Å²) in [5, 5.41) is 0.141. The second-order valence-corrected chi connectivity index (χ2v) is 11.2. The second-order valence-electron chi connectivity index (χ2n) is 7.99. The summed E-state index contributed by atoms with van der Waals surface area (Å²) in [5.41, 5.74) is 1.70. The summed E-state index contributed by atoms with van der Waals surface area (Å²) in [4.78, 5) is 14.0. The number of nitrogens with zero attached hydrogens (tertiary/aromatic N) is 4. The molecule has 35 heavy (non-hydrogen) atoms. The number of sulfonamides is 1. The number of pyridine rings is 1. The molecular weight excluding hydrogens is 557 g/mol. The lowest BCUT2D eigenvalue weighted by Gasteiger charge is -2.34. The van der Waals surface area contributed by atoms with Crippen molar-refractivity contribution < 1.29 is 12.8 Å². The number of halogens is 3. The van der Waals surface area contributed by atoms with Crippen LogP contribution < -0.4 is 4.90 Å². The third kappa shape index (κ3) is 4.84. The van der Waals surface area contributed by atoms with Gasteiger partial charge in [-0.2, -0.15) is 4.31 Å². The molecule has 5 rings (SSSR count). The van der Waals surface area contributed by atoms with E-state index in [1.54, 1.807) is 36.7 Å². The molecule has 4 aromatic rings. The van der Waals surface area contributed by atoms with Crippen molar-refractivity contribution in [2.75, 3.05) is 31.1 Å². The Balaban J connectivity index is 1.38. The Kier molecular flexibility index (Phi) is 6.63. The molecule has 0 bridgehead atoms. The van der Waals surface area contributed by atoms with E-state index in [0.29, 0.717) is 53.3 Å². The number of benzene rings is 2. The summed E-state index contributed by atoms with van der Waals surface area (Å²) in [6.07, 6.45) is 3.37. The lowest BCUT2D eigenvalue weighted by molar-refractivity contribution is 0.384. The van der Waals surface area contributed by atoms with Crippen LogP contribution in [-0.4, -0.2) is 53.9 Å². The number of imidazole rings is 1. The number of aromatic nitrogens is 3. The minimum atomic E-state index is -3.83. The number of rotatable bonds is 5. The van der Waals surface area contributed by atoms with Crippen molar-refractivity contribution in [2.24, 2.45) is 0 Å². The number of H-pyrrole nitrogens is 1. The second kappa shape index (κ2) is 9.69. The number of hydrogen-bond acceptors (Lipinski definition) is 5. The fraction of sp³-hybridized carbons (Fsp3) is 0.167. The van der Waals surface area contributed by atoms with E-state index >= 15 is 0 Å². The summed E-state index contributed by atoms with van der Waals surface area (Å²) in [6.45, 7) is 1.69. The van der Waals surface area contributed by atoms with Gasteiger partial charge in [-0.15, -0.1) is 0 Å². The average molecular weight is 577 g/mol. The Morgan fingerprint density at radius 1 is 1.00 bits per heavy atom. The molecule has 0 atom stereocenters. The summed E-state index contributed by atoms with van der Waals surface area (Å²) in [6, 6.07) is 15.2. The van der Waals surface area contributed by atoms with Crippen molar-refractivity contribution in [1.29, 1.82) is 0 Å². The highest BCUT2D eigenvalue weighted by molar-refractivity contribution is 9.10. The fourth-order valence-corrected chi connectivity index (χ4v) is 6.13. The summed E-state index contributed by atoms with van der Waals surface area (Å²) in [5.74, 6) is 0.885. The van der Waals surface area contributed by atoms with Gasteiger partial charge in [-0.25, -0.2) is 22.8 Å². The molecule has 1 aliphatic rings. The Morgan fingerprint density at radius 2 is 1.77 bits per heavy atom. The molecular formula is C24H20BrClFN5O2S. The molecule has 0 radical (unpaired) electrons. The number of anilines is 1. The molecule has 0 amide bonds. The van der Waals surface area contributed by atoms with Crippen LogP contribution in [0.4, 0.5) is 10.2 Å². The minimum absolute atomic E-state index is 0.0237. The maximum Gasteiger partial charge on any atom is 0.244 e. The average Bonchev–Trinajstić information content (AvgIpc) is 3.37. The van der Waals surface area contributed by atoms with Gasteiger partial charge in [-0.05, 0) is 58.4 Å².